The van der Waals surface area contributed by atoms with E-state index in [1.54, 1.807) is 14.2 Å². The third kappa shape index (κ3) is 17.8. The molecule has 0 aliphatic rings. The summed E-state index contributed by atoms with van der Waals surface area (Å²) in [5.74, 6) is 1.64. The quantitative estimate of drug-likeness (QED) is 0.0747. The molecule has 2 aromatic rings. The number of aryl methyl sites for hydroxylation is 2. The molecule has 2 aromatic carbocycles. The minimum Gasteiger partial charge on any atom is -0.832 e. The van der Waals surface area contributed by atoms with Crippen LogP contribution in [0.25, 0.3) is 0 Å². The van der Waals surface area contributed by atoms with Crippen molar-refractivity contribution in [3.8, 4) is 11.5 Å². The molecule has 268 valence electrons. The van der Waals surface area contributed by atoms with Crippen molar-refractivity contribution in [2.45, 2.75) is 145 Å². The Morgan fingerprint density at radius 1 is 0.511 bits per heavy atom. The lowest BCUT2D eigenvalue weighted by Gasteiger charge is -2.39. The SMILES string of the molecule is CCCC[N+](CCCC)(CCCC)CCCC.CCCCc1cc(OC)ccc1COB([O-])OCc1ccc(OC)cc1CCCC. The van der Waals surface area contributed by atoms with Crippen molar-refractivity contribution in [3.05, 3.63) is 58.7 Å². The Hall–Kier alpha value is -2.06. The van der Waals surface area contributed by atoms with Gasteiger partial charge in [0.1, 0.15) is 11.5 Å². The summed E-state index contributed by atoms with van der Waals surface area (Å²) in [6, 6.07) is 11.8. The average Bonchev–Trinajstić information content (AvgIpc) is 3.11. The Balaban J connectivity index is 0.000000554. The van der Waals surface area contributed by atoms with Gasteiger partial charge < -0.3 is 28.3 Å². The van der Waals surface area contributed by atoms with Crippen LogP contribution in [0.4, 0.5) is 0 Å². The highest BCUT2D eigenvalue weighted by atomic mass is 16.7. The maximum Gasteiger partial charge on any atom is 0.345 e. The normalized spacial score (nSPS) is 11.3. The summed E-state index contributed by atoms with van der Waals surface area (Å²) < 4.78 is 23.0. The molecule has 0 aliphatic carbocycles. The number of rotatable bonds is 26. The van der Waals surface area contributed by atoms with Gasteiger partial charge in [-0.1, -0.05) is 92.2 Å². The van der Waals surface area contributed by atoms with E-state index in [-0.39, 0.29) is 13.2 Å². The van der Waals surface area contributed by atoms with E-state index in [1.807, 2.05) is 36.4 Å². The largest absolute Gasteiger partial charge is 0.832 e. The highest BCUT2D eigenvalue weighted by Gasteiger charge is 2.24. The van der Waals surface area contributed by atoms with E-state index in [2.05, 4.69) is 41.5 Å². The highest BCUT2D eigenvalue weighted by molar-refractivity contribution is 6.32. The maximum absolute atomic E-state index is 12.3. The molecule has 0 bridgehead atoms. The van der Waals surface area contributed by atoms with Crippen LogP contribution in [0.1, 0.15) is 141 Å². The van der Waals surface area contributed by atoms with Crippen LogP contribution in [-0.4, -0.2) is 52.2 Å². The molecule has 0 radical (unpaired) electrons. The van der Waals surface area contributed by atoms with Crippen LogP contribution < -0.4 is 14.5 Å². The van der Waals surface area contributed by atoms with Gasteiger partial charge in [-0.05, 0) is 97.9 Å². The van der Waals surface area contributed by atoms with Crippen LogP contribution in [0.15, 0.2) is 36.4 Å². The molecule has 47 heavy (non-hydrogen) atoms. The second kappa shape index (κ2) is 26.8. The van der Waals surface area contributed by atoms with Crippen molar-refractivity contribution < 1.29 is 28.3 Å². The molecule has 0 saturated heterocycles. The molecule has 7 heteroatoms. The van der Waals surface area contributed by atoms with E-state index in [9.17, 15) is 5.02 Å². The monoisotopic (exact) mass is 656 g/mol. The first-order chi connectivity index (χ1) is 22.8. The van der Waals surface area contributed by atoms with Gasteiger partial charge in [-0.3, -0.25) is 0 Å². The van der Waals surface area contributed by atoms with E-state index < -0.39 is 7.32 Å². The summed E-state index contributed by atoms with van der Waals surface area (Å²) >= 11 is 0. The zero-order chi connectivity index (χ0) is 34.8. The fourth-order valence-corrected chi connectivity index (χ4v) is 5.95. The molecule has 0 saturated carbocycles. The first-order valence-corrected chi connectivity index (χ1v) is 18.9. The number of methoxy groups -OCH3 is 2. The van der Waals surface area contributed by atoms with Gasteiger partial charge >= 0.3 is 7.32 Å². The molecule has 0 unspecified atom stereocenters. The van der Waals surface area contributed by atoms with E-state index in [1.165, 1.54) is 82.0 Å². The predicted molar refractivity (Wildman–Crippen MR) is 198 cm³/mol. The van der Waals surface area contributed by atoms with Crippen LogP contribution in [0.2, 0.25) is 0 Å². The van der Waals surface area contributed by atoms with Crippen LogP contribution in [0.5, 0.6) is 11.5 Å². The summed E-state index contributed by atoms with van der Waals surface area (Å²) in [5, 5.41) is 12.3. The number of unbranched alkanes of at least 4 members (excludes halogenated alkanes) is 6. The van der Waals surface area contributed by atoms with Crippen LogP contribution >= 0.6 is 0 Å². The Morgan fingerprint density at radius 3 is 1.15 bits per heavy atom. The topological polar surface area (TPSA) is 60.0 Å². The molecule has 0 aromatic heterocycles. The van der Waals surface area contributed by atoms with E-state index in [0.29, 0.717) is 0 Å². The number of benzene rings is 2. The van der Waals surface area contributed by atoms with Gasteiger partial charge in [-0.15, -0.1) is 0 Å². The standard InChI is InChI=1S/C24H34BO5.C16H36N/c1-5-7-9-19-15-23(27-3)13-11-21(19)17-29-25(26)30-18-22-12-14-24(28-4)16-20(22)10-8-6-2;1-5-9-13-17(14-10-6-2,15-11-7-3)16-12-8-4/h11-16H,5-10,17-18H2,1-4H3;5-16H2,1-4H3/q-1;+1. The number of hydrogen-bond donors (Lipinski definition) is 0. The van der Waals surface area contributed by atoms with Gasteiger partial charge in [-0.2, -0.15) is 0 Å². The van der Waals surface area contributed by atoms with Gasteiger partial charge in [0.25, 0.3) is 0 Å². The van der Waals surface area contributed by atoms with Gasteiger partial charge in [-0.25, -0.2) is 0 Å². The first-order valence-electron chi connectivity index (χ1n) is 18.9. The van der Waals surface area contributed by atoms with Crippen molar-refractivity contribution in [1.29, 1.82) is 0 Å². The van der Waals surface area contributed by atoms with Gasteiger partial charge in [0, 0.05) is 0 Å². The maximum atomic E-state index is 12.3. The Labute approximate surface area is 290 Å². The molecule has 0 aliphatic heterocycles. The summed E-state index contributed by atoms with van der Waals surface area (Å²) in [5.41, 5.74) is 4.31. The fourth-order valence-electron chi connectivity index (χ4n) is 5.95. The van der Waals surface area contributed by atoms with Crippen molar-refractivity contribution in [1.82, 2.24) is 0 Å². The van der Waals surface area contributed by atoms with Crippen molar-refractivity contribution in [2.24, 2.45) is 0 Å². The lowest BCUT2D eigenvalue weighted by atomic mass is 10.0. The van der Waals surface area contributed by atoms with Gasteiger partial charge in [0.05, 0.1) is 53.6 Å². The van der Waals surface area contributed by atoms with Crippen molar-refractivity contribution in [3.63, 3.8) is 0 Å². The molecule has 0 amide bonds. The molecule has 0 spiro atoms. The lowest BCUT2D eigenvalue weighted by molar-refractivity contribution is -0.929. The van der Waals surface area contributed by atoms with E-state index in [0.717, 1.165) is 72.3 Å². The van der Waals surface area contributed by atoms with Crippen LogP contribution in [-0.2, 0) is 35.4 Å². The molecule has 2 rings (SSSR count). The number of nitrogens with zero attached hydrogens (tertiary/aromatic N) is 1. The molecule has 0 atom stereocenters. The smallest absolute Gasteiger partial charge is 0.345 e. The number of quaternary nitrogens is 1. The molecule has 0 fully saturated rings. The molecular weight excluding hydrogens is 585 g/mol. The summed E-state index contributed by atoms with van der Waals surface area (Å²) in [4.78, 5) is 0. The Kier molecular flexibility index (Phi) is 24.5. The Morgan fingerprint density at radius 2 is 0.851 bits per heavy atom. The highest BCUT2D eigenvalue weighted by Crippen LogP contribution is 2.23. The van der Waals surface area contributed by atoms with Crippen molar-refractivity contribution >= 4 is 7.32 Å². The van der Waals surface area contributed by atoms with Gasteiger partial charge in [0.2, 0.25) is 0 Å². The zero-order valence-corrected chi connectivity index (χ0v) is 31.7. The zero-order valence-electron chi connectivity index (χ0n) is 31.7. The molecule has 0 N–H and O–H groups in total. The minimum atomic E-state index is -1.53. The number of ether oxygens (including phenoxy) is 2. The van der Waals surface area contributed by atoms with E-state index in [4.69, 9.17) is 18.8 Å². The van der Waals surface area contributed by atoms with Crippen LogP contribution in [0.3, 0.4) is 0 Å². The van der Waals surface area contributed by atoms with Crippen LogP contribution in [0, 0.1) is 0 Å². The van der Waals surface area contributed by atoms with Crippen molar-refractivity contribution in [2.75, 3.05) is 40.4 Å². The van der Waals surface area contributed by atoms with E-state index >= 15 is 0 Å². The summed E-state index contributed by atoms with van der Waals surface area (Å²) in [6.45, 7) is 19.8. The summed E-state index contributed by atoms with van der Waals surface area (Å²) in [6.07, 6.45) is 17.3. The Bertz CT molecular complexity index is 948. The number of hydrogen-bond acceptors (Lipinski definition) is 5. The second-order valence-corrected chi connectivity index (χ2v) is 13.0. The molecule has 0 heterocycles. The third-order valence-corrected chi connectivity index (χ3v) is 9.12. The second-order valence-electron chi connectivity index (χ2n) is 13.0. The lowest BCUT2D eigenvalue weighted by Crippen LogP contribution is -2.50. The first kappa shape index (κ1) is 43.0. The van der Waals surface area contributed by atoms with Gasteiger partial charge in [0.15, 0.2) is 0 Å². The molecule has 6 nitrogen and oxygen atoms in total. The molecular formula is C40H70BNO5. The third-order valence-electron chi connectivity index (χ3n) is 9.12. The minimum absolute atomic E-state index is 0.225. The average molecular weight is 656 g/mol. The summed E-state index contributed by atoms with van der Waals surface area (Å²) in [7, 11) is 1.78. The predicted octanol–water partition coefficient (Wildman–Crippen LogP) is 9.47. The fraction of sp³-hybridized carbons (Fsp3) is 0.700.